The predicted octanol–water partition coefficient (Wildman–Crippen LogP) is 3.82. The third-order valence-corrected chi connectivity index (χ3v) is 4.10. The molecule has 150 valence electrons. The Hall–Kier alpha value is -3.88. The van der Waals surface area contributed by atoms with Gasteiger partial charge in [-0.05, 0) is 42.8 Å². The lowest BCUT2D eigenvalue weighted by Gasteiger charge is -2.11. The lowest BCUT2D eigenvalue weighted by Crippen LogP contribution is -2.28. The molecule has 0 aliphatic rings. The van der Waals surface area contributed by atoms with E-state index in [-0.39, 0.29) is 6.54 Å². The number of carbonyl (C=O) groups is 2. The molecule has 0 fully saturated rings. The van der Waals surface area contributed by atoms with Gasteiger partial charge in [-0.25, -0.2) is 19.0 Å². The number of methoxy groups -OCH3 is 1. The summed E-state index contributed by atoms with van der Waals surface area (Å²) in [5.74, 6) is 0.269. The van der Waals surface area contributed by atoms with Crippen LogP contribution in [-0.4, -0.2) is 28.8 Å². The van der Waals surface area contributed by atoms with E-state index < -0.39 is 17.9 Å². The van der Waals surface area contributed by atoms with Gasteiger partial charge in [-0.3, -0.25) is 5.32 Å². The highest BCUT2D eigenvalue weighted by Crippen LogP contribution is 2.17. The monoisotopic (exact) mass is 397 g/mol. The van der Waals surface area contributed by atoms with Crippen LogP contribution in [0.3, 0.4) is 0 Å². The van der Waals surface area contributed by atoms with Crippen LogP contribution >= 0.6 is 0 Å². The number of hydrogen-bond donors (Lipinski definition) is 3. The molecule has 0 spiro atoms. The molecule has 9 heteroatoms. The Kier molecular flexibility index (Phi) is 6.08. The van der Waals surface area contributed by atoms with Crippen LogP contribution in [0.4, 0.5) is 25.4 Å². The van der Waals surface area contributed by atoms with Gasteiger partial charge in [0, 0.05) is 30.3 Å². The number of rotatable bonds is 5. The molecule has 1 aromatic heterocycles. The van der Waals surface area contributed by atoms with Crippen LogP contribution < -0.4 is 16.0 Å². The second-order valence-electron chi connectivity index (χ2n) is 6.14. The Morgan fingerprint density at radius 2 is 1.90 bits per heavy atom. The van der Waals surface area contributed by atoms with Gasteiger partial charge in [0.15, 0.2) is 0 Å². The normalized spacial score (nSPS) is 10.3. The molecule has 3 N–H and O–H groups in total. The number of amides is 3. The van der Waals surface area contributed by atoms with Crippen molar-refractivity contribution in [2.24, 2.45) is 0 Å². The van der Waals surface area contributed by atoms with Crippen LogP contribution in [0.5, 0.6) is 0 Å². The number of imidazole rings is 1. The van der Waals surface area contributed by atoms with Gasteiger partial charge in [0.1, 0.15) is 11.6 Å². The van der Waals surface area contributed by atoms with Crippen molar-refractivity contribution in [1.82, 2.24) is 14.9 Å². The van der Waals surface area contributed by atoms with Gasteiger partial charge in [0.25, 0.3) is 0 Å². The molecule has 0 unspecified atom stereocenters. The van der Waals surface area contributed by atoms with Crippen molar-refractivity contribution in [3.05, 3.63) is 72.1 Å². The van der Waals surface area contributed by atoms with E-state index in [1.54, 1.807) is 60.3 Å². The number of anilines is 2. The smallest absolute Gasteiger partial charge is 0.411 e. The molecule has 29 heavy (non-hydrogen) atoms. The minimum Gasteiger partial charge on any atom is -0.453 e. The maximum Gasteiger partial charge on any atom is 0.411 e. The second-order valence-corrected chi connectivity index (χ2v) is 6.14. The number of halogens is 1. The molecule has 0 atom stereocenters. The average molecular weight is 397 g/mol. The Labute approximate surface area is 166 Å². The fourth-order valence-electron chi connectivity index (χ4n) is 2.69. The van der Waals surface area contributed by atoms with Crippen molar-refractivity contribution in [2.75, 3.05) is 17.7 Å². The molecule has 0 saturated heterocycles. The van der Waals surface area contributed by atoms with Crippen molar-refractivity contribution in [3.63, 3.8) is 0 Å². The number of aromatic nitrogens is 2. The minimum atomic E-state index is -0.608. The SMILES string of the molecule is COC(=O)Nc1cccc(NC(=O)NCc2ccc(-n3ccnc3C)c(F)c2)c1. The molecule has 0 radical (unpaired) electrons. The van der Waals surface area contributed by atoms with Crippen molar-refractivity contribution < 1.29 is 18.7 Å². The Bertz CT molecular complexity index is 1030. The molecule has 3 aromatic rings. The van der Waals surface area contributed by atoms with Crippen molar-refractivity contribution in [3.8, 4) is 5.69 Å². The lowest BCUT2D eigenvalue weighted by atomic mass is 10.2. The highest BCUT2D eigenvalue weighted by atomic mass is 19.1. The molecule has 8 nitrogen and oxygen atoms in total. The first-order chi connectivity index (χ1) is 14.0. The maximum atomic E-state index is 14.4. The first-order valence-electron chi connectivity index (χ1n) is 8.75. The zero-order chi connectivity index (χ0) is 20.8. The predicted molar refractivity (Wildman–Crippen MR) is 107 cm³/mol. The summed E-state index contributed by atoms with van der Waals surface area (Å²) in [4.78, 5) is 27.5. The zero-order valence-electron chi connectivity index (χ0n) is 15.9. The van der Waals surface area contributed by atoms with Crippen LogP contribution in [0.15, 0.2) is 54.9 Å². The van der Waals surface area contributed by atoms with Gasteiger partial charge < -0.3 is 19.9 Å². The standard InChI is InChI=1S/C20H20FN5O3/c1-13-22-8-9-26(13)18-7-6-14(10-17(18)21)12-23-19(27)24-15-4-3-5-16(11-15)25-20(28)29-2/h3-11H,12H2,1-2H3,(H,25,28)(H2,23,24,27). The first kappa shape index (κ1) is 19.9. The molecule has 3 amide bonds. The van der Waals surface area contributed by atoms with Crippen LogP contribution in [-0.2, 0) is 11.3 Å². The number of urea groups is 1. The third kappa shape index (κ3) is 5.10. The molecular formula is C20H20FN5O3. The van der Waals surface area contributed by atoms with E-state index in [9.17, 15) is 14.0 Å². The van der Waals surface area contributed by atoms with Crippen LogP contribution in [0, 0.1) is 12.7 Å². The topological polar surface area (TPSA) is 97.3 Å². The number of nitrogens with zero attached hydrogens (tertiary/aromatic N) is 2. The summed E-state index contributed by atoms with van der Waals surface area (Å²) < 4.78 is 20.6. The zero-order valence-corrected chi connectivity index (χ0v) is 15.9. The highest BCUT2D eigenvalue weighted by Gasteiger charge is 2.09. The molecule has 0 bridgehead atoms. The van der Waals surface area contributed by atoms with Crippen LogP contribution in [0.1, 0.15) is 11.4 Å². The number of nitrogens with one attached hydrogen (secondary N) is 3. The van der Waals surface area contributed by atoms with Crippen molar-refractivity contribution in [2.45, 2.75) is 13.5 Å². The van der Waals surface area contributed by atoms with E-state index >= 15 is 0 Å². The summed E-state index contributed by atoms with van der Waals surface area (Å²) in [5, 5.41) is 7.82. The van der Waals surface area contributed by atoms with Gasteiger partial charge >= 0.3 is 12.1 Å². The summed E-state index contributed by atoms with van der Waals surface area (Å²) in [6, 6.07) is 10.9. The van der Waals surface area contributed by atoms with Gasteiger partial charge in [0.2, 0.25) is 0 Å². The molecule has 1 heterocycles. The minimum absolute atomic E-state index is 0.145. The lowest BCUT2D eigenvalue weighted by molar-refractivity contribution is 0.187. The number of benzene rings is 2. The van der Waals surface area contributed by atoms with Gasteiger partial charge in [-0.2, -0.15) is 0 Å². The van der Waals surface area contributed by atoms with E-state index in [2.05, 4.69) is 25.7 Å². The Balaban J connectivity index is 1.58. The Morgan fingerprint density at radius 1 is 1.14 bits per heavy atom. The molecule has 0 aliphatic heterocycles. The third-order valence-electron chi connectivity index (χ3n) is 4.10. The second kappa shape index (κ2) is 8.87. The van der Waals surface area contributed by atoms with E-state index in [0.717, 1.165) is 0 Å². The van der Waals surface area contributed by atoms with Gasteiger partial charge in [-0.15, -0.1) is 0 Å². The van der Waals surface area contributed by atoms with Crippen LogP contribution in [0.2, 0.25) is 0 Å². The molecule has 3 rings (SSSR count). The number of ether oxygens (including phenoxy) is 1. The summed E-state index contributed by atoms with van der Waals surface area (Å²) in [7, 11) is 1.26. The largest absolute Gasteiger partial charge is 0.453 e. The van der Waals surface area contributed by atoms with Gasteiger partial charge in [0.05, 0.1) is 12.8 Å². The number of hydrogen-bond acceptors (Lipinski definition) is 4. The average Bonchev–Trinajstić information content (AvgIpc) is 3.12. The van der Waals surface area contributed by atoms with E-state index in [1.165, 1.54) is 13.2 Å². The highest BCUT2D eigenvalue weighted by molar-refractivity contribution is 5.91. The van der Waals surface area contributed by atoms with Crippen molar-refractivity contribution in [1.29, 1.82) is 0 Å². The summed E-state index contributed by atoms with van der Waals surface area (Å²) in [5.41, 5.74) is 1.96. The number of aryl methyl sites for hydroxylation is 1. The fraction of sp³-hybridized carbons (Fsp3) is 0.150. The molecule has 2 aromatic carbocycles. The quantitative estimate of drug-likeness (QED) is 0.610. The molecule has 0 saturated carbocycles. The summed E-state index contributed by atoms with van der Waals surface area (Å²) in [6.07, 6.45) is 2.68. The fourth-order valence-corrected chi connectivity index (χ4v) is 2.69. The molecular weight excluding hydrogens is 377 g/mol. The van der Waals surface area contributed by atoms with E-state index in [4.69, 9.17) is 0 Å². The van der Waals surface area contributed by atoms with E-state index in [1.807, 2.05) is 0 Å². The summed E-state index contributed by atoms with van der Waals surface area (Å²) in [6.45, 7) is 1.93. The van der Waals surface area contributed by atoms with Crippen LogP contribution in [0.25, 0.3) is 5.69 Å². The first-order valence-corrected chi connectivity index (χ1v) is 8.75. The molecule has 0 aliphatic carbocycles. The number of carbonyl (C=O) groups excluding carboxylic acids is 2. The summed E-state index contributed by atoms with van der Waals surface area (Å²) >= 11 is 0. The maximum absolute atomic E-state index is 14.4. The van der Waals surface area contributed by atoms with Gasteiger partial charge in [-0.1, -0.05) is 12.1 Å². The van der Waals surface area contributed by atoms with E-state index in [0.29, 0.717) is 28.5 Å². The van der Waals surface area contributed by atoms with Crippen molar-refractivity contribution >= 4 is 23.5 Å². The Morgan fingerprint density at radius 3 is 2.55 bits per heavy atom.